The molecule has 0 saturated carbocycles. The Bertz CT molecular complexity index is 586. The zero-order valence-electron chi connectivity index (χ0n) is 10.6. The second-order valence-corrected chi connectivity index (χ2v) is 4.81. The summed E-state index contributed by atoms with van der Waals surface area (Å²) in [5.74, 6) is 0.361. The Kier molecular flexibility index (Phi) is 4.17. The summed E-state index contributed by atoms with van der Waals surface area (Å²) in [7, 11) is 0. The molecular formula is C13H12F3N3S. The van der Waals surface area contributed by atoms with E-state index in [-0.39, 0.29) is 0 Å². The van der Waals surface area contributed by atoms with Crippen molar-refractivity contribution in [3.63, 3.8) is 0 Å². The minimum atomic E-state index is -4.34. The molecule has 0 atom stereocenters. The van der Waals surface area contributed by atoms with Gasteiger partial charge in [0.1, 0.15) is 10.9 Å². The van der Waals surface area contributed by atoms with Gasteiger partial charge in [0.15, 0.2) is 0 Å². The van der Waals surface area contributed by atoms with Gasteiger partial charge in [0.2, 0.25) is 0 Å². The van der Waals surface area contributed by atoms with Crippen molar-refractivity contribution < 1.29 is 13.2 Å². The minimum absolute atomic E-state index is 0.357. The van der Waals surface area contributed by atoms with Crippen LogP contribution in [0.25, 0.3) is 0 Å². The number of thioether (sulfide) groups is 1. The SMILES string of the molecule is CSC1=NC(N)=CCN=C1c1ccc(C(F)(F)F)cc1. The van der Waals surface area contributed by atoms with Crippen LogP contribution in [0.5, 0.6) is 0 Å². The maximum absolute atomic E-state index is 12.5. The molecule has 0 amide bonds. The maximum atomic E-state index is 12.5. The van der Waals surface area contributed by atoms with Crippen LogP contribution in [-0.4, -0.2) is 23.6 Å². The Labute approximate surface area is 118 Å². The first-order valence-corrected chi connectivity index (χ1v) is 6.95. The normalized spacial score (nSPS) is 16.1. The molecule has 2 rings (SSSR count). The first-order valence-electron chi connectivity index (χ1n) is 5.72. The lowest BCUT2D eigenvalue weighted by Crippen LogP contribution is -2.13. The minimum Gasteiger partial charge on any atom is -0.384 e. The average molecular weight is 299 g/mol. The number of hydrogen-bond acceptors (Lipinski definition) is 4. The van der Waals surface area contributed by atoms with E-state index in [4.69, 9.17) is 5.73 Å². The van der Waals surface area contributed by atoms with Crippen molar-refractivity contribution >= 4 is 22.5 Å². The van der Waals surface area contributed by atoms with Crippen LogP contribution in [0, 0.1) is 0 Å². The standard InChI is InChI=1S/C13H12F3N3S/c1-20-12-11(18-7-6-10(17)19-12)8-2-4-9(5-3-8)13(14,15)16/h2-6H,7,17H2,1H3. The largest absolute Gasteiger partial charge is 0.416 e. The molecule has 0 spiro atoms. The summed E-state index contributed by atoms with van der Waals surface area (Å²) in [6.45, 7) is 0.357. The number of rotatable bonds is 1. The smallest absolute Gasteiger partial charge is 0.384 e. The summed E-state index contributed by atoms with van der Waals surface area (Å²) >= 11 is 1.35. The van der Waals surface area contributed by atoms with E-state index in [0.29, 0.717) is 28.7 Å². The van der Waals surface area contributed by atoms with Gasteiger partial charge in [-0.05, 0) is 24.5 Å². The highest BCUT2D eigenvalue weighted by molar-refractivity contribution is 8.15. The van der Waals surface area contributed by atoms with E-state index in [1.54, 1.807) is 6.08 Å². The molecule has 3 nitrogen and oxygen atoms in total. The highest BCUT2D eigenvalue weighted by Crippen LogP contribution is 2.29. The fourth-order valence-electron chi connectivity index (χ4n) is 1.69. The second-order valence-electron chi connectivity index (χ2n) is 4.01. The number of nitrogens with two attached hydrogens (primary N) is 1. The van der Waals surface area contributed by atoms with Crippen LogP contribution in [0.1, 0.15) is 11.1 Å². The third-order valence-electron chi connectivity index (χ3n) is 2.66. The molecule has 0 unspecified atom stereocenters. The number of hydrogen-bond donors (Lipinski definition) is 1. The number of aliphatic imine (C=N–C) groups is 2. The Morgan fingerprint density at radius 2 is 1.85 bits per heavy atom. The fourth-order valence-corrected chi connectivity index (χ4v) is 2.26. The molecule has 0 bridgehead atoms. The van der Waals surface area contributed by atoms with Crippen molar-refractivity contribution in [2.24, 2.45) is 15.7 Å². The van der Waals surface area contributed by atoms with Gasteiger partial charge in [-0.2, -0.15) is 13.2 Å². The van der Waals surface area contributed by atoms with E-state index in [9.17, 15) is 13.2 Å². The van der Waals surface area contributed by atoms with Crippen LogP contribution < -0.4 is 5.73 Å². The predicted molar refractivity (Wildman–Crippen MR) is 76.1 cm³/mol. The van der Waals surface area contributed by atoms with E-state index in [1.807, 2.05) is 6.26 Å². The van der Waals surface area contributed by atoms with Crippen molar-refractivity contribution in [3.8, 4) is 0 Å². The molecule has 1 aliphatic heterocycles. The Balaban J connectivity index is 2.36. The Morgan fingerprint density at radius 3 is 2.40 bits per heavy atom. The van der Waals surface area contributed by atoms with Crippen molar-refractivity contribution in [2.45, 2.75) is 6.18 Å². The van der Waals surface area contributed by atoms with Gasteiger partial charge >= 0.3 is 6.18 Å². The fraction of sp³-hybridized carbons (Fsp3) is 0.231. The molecule has 7 heteroatoms. The molecule has 0 saturated heterocycles. The molecule has 0 aliphatic carbocycles. The number of nitrogens with zero attached hydrogens (tertiary/aromatic N) is 2. The summed E-state index contributed by atoms with van der Waals surface area (Å²) in [4.78, 5) is 8.50. The lowest BCUT2D eigenvalue weighted by atomic mass is 10.1. The van der Waals surface area contributed by atoms with Crippen LogP contribution >= 0.6 is 11.8 Å². The first-order chi connectivity index (χ1) is 9.41. The molecule has 20 heavy (non-hydrogen) atoms. The highest BCUT2D eigenvalue weighted by atomic mass is 32.2. The zero-order chi connectivity index (χ0) is 14.8. The third kappa shape index (κ3) is 3.22. The number of alkyl halides is 3. The molecule has 1 aromatic rings. The van der Waals surface area contributed by atoms with Crippen LogP contribution in [0.4, 0.5) is 13.2 Å². The van der Waals surface area contributed by atoms with E-state index in [1.165, 1.54) is 23.9 Å². The topological polar surface area (TPSA) is 50.7 Å². The summed E-state index contributed by atoms with van der Waals surface area (Å²) in [6.07, 6.45) is -0.865. The van der Waals surface area contributed by atoms with Gasteiger partial charge < -0.3 is 5.73 Å². The molecule has 0 aromatic heterocycles. The van der Waals surface area contributed by atoms with Crippen molar-refractivity contribution in [3.05, 3.63) is 47.3 Å². The van der Waals surface area contributed by atoms with Crippen LogP contribution in [0.15, 0.2) is 46.1 Å². The summed E-state index contributed by atoms with van der Waals surface area (Å²) < 4.78 is 37.6. The third-order valence-corrected chi connectivity index (χ3v) is 3.33. The highest BCUT2D eigenvalue weighted by Gasteiger charge is 2.30. The lowest BCUT2D eigenvalue weighted by molar-refractivity contribution is -0.137. The average Bonchev–Trinajstić information content (AvgIpc) is 2.59. The Morgan fingerprint density at radius 1 is 1.20 bits per heavy atom. The van der Waals surface area contributed by atoms with Crippen molar-refractivity contribution in [1.82, 2.24) is 0 Å². The van der Waals surface area contributed by atoms with Gasteiger partial charge in [0.25, 0.3) is 0 Å². The lowest BCUT2D eigenvalue weighted by Gasteiger charge is -2.10. The maximum Gasteiger partial charge on any atom is 0.416 e. The van der Waals surface area contributed by atoms with Gasteiger partial charge in [-0.15, -0.1) is 11.8 Å². The number of halogens is 3. The van der Waals surface area contributed by atoms with E-state index >= 15 is 0 Å². The molecule has 1 aliphatic rings. The summed E-state index contributed by atoms with van der Waals surface area (Å²) in [6, 6.07) is 4.87. The van der Waals surface area contributed by atoms with Crippen molar-refractivity contribution in [1.29, 1.82) is 0 Å². The van der Waals surface area contributed by atoms with Gasteiger partial charge in [0.05, 0.1) is 17.8 Å². The molecule has 1 heterocycles. The van der Waals surface area contributed by atoms with Crippen molar-refractivity contribution in [2.75, 3.05) is 12.8 Å². The van der Waals surface area contributed by atoms with E-state index in [0.717, 1.165) is 12.1 Å². The predicted octanol–water partition coefficient (Wildman–Crippen LogP) is 3.07. The van der Waals surface area contributed by atoms with Gasteiger partial charge in [0, 0.05) is 5.56 Å². The molecule has 1 aromatic carbocycles. The van der Waals surface area contributed by atoms with E-state index in [2.05, 4.69) is 9.98 Å². The van der Waals surface area contributed by atoms with Gasteiger partial charge in [-0.1, -0.05) is 12.1 Å². The molecule has 2 N–H and O–H groups in total. The molecule has 0 radical (unpaired) electrons. The molecular weight excluding hydrogens is 287 g/mol. The summed E-state index contributed by atoms with van der Waals surface area (Å²) in [5.41, 5.74) is 6.13. The van der Waals surface area contributed by atoms with Crippen LogP contribution in [0.2, 0.25) is 0 Å². The van der Waals surface area contributed by atoms with Crippen LogP contribution in [0.3, 0.4) is 0 Å². The zero-order valence-corrected chi connectivity index (χ0v) is 11.4. The quantitative estimate of drug-likeness (QED) is 0.866. The number of benzene rings is 1. The van der Waals surface area contributed by atoms with E-state index < -0.39 is 11.7 Å². The van der Waals surface area contributed by atoms with Gasteiger partial charge in [-0.25, -0.2) is 4.99 Å². The molecule has 106 valence electrons. The first kappa shape index (κ1) is 14.6. The monoisotopic (exact) mass is 299 g/mol. The molecule has 0 fully saturated rings. The van der Waals surface area contributed by atoms with Gasteiger partial charge in [-0.3, -0.25) is 4.99 Å². The van der Waals surface area contributed by atoms with Crippen LogP contribution in [-0.2, 0) is 6.18 Å². The second kappa shape index (κ2) is 5.70. The Hall–Kier alpha value is -1.76. The summed E-state index contributed by atoms with van der Waals surface area (Å²) in [5, 5.41) is 0.594.